The summed E-state index contributed by atoms with van der Waals surface area (Å²) in [5, 5.41) is 0. The van der Waals surface area contributed by atoms with Crippen LogP contribution in [0.5, 0.6) is 0 Å². The van der Waals surface area contributed by atoms with Gasteiger partial charge in [-0.3, -0.25) is 4.90 Å². The SMILES string of the molecule is Cc1cc(N2CCCC2)nc(C2CCN(Cc3cncn3C)CC2)n1. The van der Waals surface area contributed by atoms with Gasteiger partial charge < -0.3 is 9.47 Å². The van der Waals surface area contributed by atoms with E-state index in [0.29, 0.717) is 5.92 Å². The zero-order valence-corrected chi connectivity index (χ0v) is 15.4. The van der Waals surface area contributed by atoms with E-state index in [1.54, 1.807) is 0 Å². The average Bonchev–Trinajstić information content (AvgIpc) is 3.28. The molecule has 2 saturated heterocycles. The van der Waals surface area contributed by atoms with Crippen molar-refractivity contribution in [3.63, 3.8) is 0 Å². The maximum absolute atomic E-state index is 4.94. The number of hydrogen-bond donors (Lipinski definition) is 0. The van der Waals surface area contributed by atoms with Crippen molar-refractivity contribution in [2.45, 2.75) is 45.1 Å². The molecule has 0 N–H and O–H groups in total. The third-order valence-electron chi connectivity index (χ3n) is 5.54. The van der Waals surface area contributed by atoms with Gasteiger partial charge in [-0.2, -0.15) is 0 Å². The minimum atomic E-state index is 0.490. The molecule has 25 heavy (non-hydrogen) atoms. The van der Waals surface area contributed by atoms with Gasteiger partial charge in [-0.25, -0.2) is 15.0 Å². The van der Waals surface area contributed by atoms with Gasteiger partial charge in [-0.15, -0.1) is 0 Å². The summed E-state index contributed by atoms with van der Waals surface area (Å²) in [6.45, 7) is 7.57. The summed E-state index contributed by atoms with van der Waals surface area (Å²) < 4.78 is 2.11. The molecule has 6 heteroatoms. The molecule has 0 saturated carbocycles. The number of piperidine rings is 1. The van der Waals surface area contributed by atoms with Crippen LogP contribution >= 0.6 is 0 Å². The molecule has 4 heterocycles. The number of anilines is 1. The van der Waals surface area contributed by atoms with Gasteiger partial charge >= 0.3 is 0 Å². The molecule has 0 radical (unpaired) electrons. The lowest BCUT2D eigenvalue weighted by Crippen LogP contribution is -2.33. The Hall–Kier alpha value is -1.95. The van der Waals surface area contributed by atoms with E-state index >= 15 is 0 Å². The van der Waals surface area contributed by atoms with Crippen LogP contribution in [-0.2, 0) is 13.6 Å². The van der Waals surface area contributed by atoms with Gasteiger partial charge in [0.15, 0.2) is 0 Å². The first-order valence-electron chi connectivity index (χ1n) is 9.47. The first kappa shape index (κ1) is 16.5. The van der Waals surface area contributed by atoms with E-state index in [1.807, 2.05) is 12.5 Å². The normalized spacial score (nSPS) is 19.7. The molecular weight excluding hydrogens is 312 g/mol. The molecule has 2 aliphatic rings. The van der Waals surface area contributed by atoms with Crippen LogP contribution in [0.2, 0.25) is 0 Å². The molecular formula is C19H28N6. The van der Waals surface area contributed by atoms with Crippen LogP contribution in [0.1, 0.15) is 48.8 Å². The smallest absolute Gasteiger partial charge is 0.134 e. The molecule has 0 amide bonds. The minimum Gasteiger partial charge on any atom is -0.357 e. The van der Waals surface area contributed by atoms with Gasteiger partial charge in [0.2, 0.25) is 0 Å². The average molecular weight is 340 g/mol. The third kappa shape index (κ3) is 3.68. The van der Waals surface area contributed by atoms with Crippen molar-refractivity contribution < 1.29 is 0 Å². The van der Waals surface area contributed by atoms with Crippen LogP contribution in [0.3, 0.4) is 0 Å². The predicted octanol–water partition coefficient (Wildman–Crippen LogP) is 2.50. The lowest BCUT2D eigenvalue weighted by atomic mass is 9.95. The first-order chi connectivity index (χ1) is 12.2. The molecule has 0 bridgehead atoms. The van der Waals surface area contributed by atoms with Crippen LogP contribution in [0.25, 0.3) is 0 Å². The van der Waals surface area contributed by atoms with E-state index in [2.05, 4.69) is 39.4 Å². The lowest BCUT2D eigenvalue weighted by molar-refractivity contribution is 0.198. The summed E-state index contributed by atoms with van der Waals surface area (Å²) in [5.41, 5.74) is 2.38. The van der Waals surface area contributed by atoms with E-state index in [-0.39, 0.29) is 0 Å². The summed E-state index contributed by atoms with van der Waals surface area (Å²) in [6, 6.07) is 2.15. The Morgan fingerprint density at radius 1 is 1.08 bits per heavy atom. The highest BCUT2D eigenvalue weighted by atomic mass is 15.2. The van der Waals surface area contributed by atoms with Gasteiger partial charge in [-0.1, -0.05) is 0 Å². The highest BCUT2D eigenvalue weighted by Gasteiger charge is 2.25. The Labute approximate surface area is 149 Å². The fourth-order valence-electron chi connectivity index (χ4n) is 3.98. The van der Waals surface area contributed by atoms with Crippen LogP contribution in [0.15, 0.2) is 18.6 Å². The molecule has 6 nitrogen and oxygen atoms in total. The molecule has 0 spiro atoms. The van der Waals surface area contributed by atoms with Crippen molar-refractivity contribution in [2.75, 3.05) is 31.1 Å². The zero-order chi connectivity index (χ0) is 17.2. The fourth-order valence-corrected chi connectivity index (χ4v) is 3.98. The Morgan fingerprint density at radius 2 is 1.84 bits per heavy atom. The first-order valence-corrected chi connectivity index (χ1v) is 9.47. The highest BCUT2D eigenvalue weighted by Crippen LogP contribution is 2.28. The second-order valence-corrected chi connectivity index (χ2v) is 7.47. The summed E-state index contributed by atoms with van der Waals surface area (Å²) in [5.74, 6) is 2.68. The van der Waals surface area contributed by atoms with Gasteiger partial charge in [0.1, 0.15) is 11.6 Å². The van der Waals surface area contributed by atoms with Crippen molar-refractivity contribution >= 4 is 5.82 Å². The number of likely N-dealkylation sites (tertiary alicyclic amines) is 1. The Kier molecular flexibility index (Phi) is 4.70. The van der Waals surface area contributed by atoms with Gasteiger partial charge in [0.25, 0.3) is 0 Å². The number of nitrogens with zero attached hydrogens (tertiary/aromatic N) is 6. The fraction of sp³-hybridized carbons (Fsp3) is 0.632. The van der Waals surface area contributed by atoms with Gasteiger partial charge in [-0.05, 0) is 45.7 Å². The van der Waals surface area contributed by atoms with Crippen molar-refractivity contribution in [3.05, 3.63) is 35.8 Å². The quantitative estimate of drug-likeness (QED) is 0.856. The largest absolute Gasteiger partial charge is 0.357 e. The maximum Gasteiger partial charge on any atom is 0.134 e. The zero-order valence-electron chi connectivity index (χ0n) is 15.4. The summed E-state index contributed by atoms with van der Waals surface area (Å²) in [7, 11) is 2.07. The van der Waals surface area contributed by atoms with Crippen LogP contribution in [-0.4, -0.2) is 50.6 Å². The van der Waals surface area contributed by atoms with Crippen molar-refractivity contribution in [3.8, 4) is 0 Å². The number of hydrogen-bond acceptors (Lipinski definition) is 5. The van der Waals surface area contributed by atoms with Crippen molar-refractivity contribution in [1.29, 1.82) is 0 Å². The Morgan fingerprint density at radius 3 is 2.52 bits per heavy atom. The highest BCUT2D eigenvalue weighted by molar-refractivity contribution is 5.41. The van der Waals surface area contributed by atoms with Gasteiger partial charge in [0.05, 0.1) is 12.0 Å². The van der Waals surface area contributed by atoms with E-state index in [9.17, 15) is 0 Å². The maximum atomic E-state index is 4.94. The van der Waals surface area contributed by atoms with Crippen molar-refractivity contribution in [2.24, 2.45) is 7.05 Å². The summed E-state index contributed by atoms with van der Waals surface area (Å²) >= 11 is 0. The molecule has 0 unspecified atom stereocenters. The van der Waals surface area contributed by atoms with E-state index in [4.69, 9.17) is 9.97 Å². The second kappa shape index (κ2) is 7.12. The minimum absolute atomic E-state index is 0.490. The summed E-state index contributed by atoms with van der Waals surface area (Å²) in [4.78, 5) is 18.9. The van der Waals surface area contributed by atoms with Crippen LogP contribution < -0.4 is 4.90 Å². The van der Waals surface area contributed by atoms with E-state index < -0.39 is 0 Å². The number of aromatic nitrogens is 4. The predicted molar refractivity (Wildman–Crippen MR) is 98.7 cm³/mol. The molecule has 0 aromatic carbocycles. The second-order valence-electron chi connectivity index (χ2n) is 7.47. The Bertz CT molecular complexity index is 710. The molecule has 2 aliphatic heterocycles. The monoisotopic (exact) mass is 340 g/mol. The molecule has 4 rings (SSSR count). The number of rotatable bonds is 4. The third-order valence-corrected chi connectivity index (χ3v) is 5.54. The number of aryl methyl sites for hydroxylation is 2. The topological polar surface area (TPSA) is 50.1 Å². The molecule has 134 valence electrons. The van der Waals surface area contributed by atoms with Gasteiger partial charge in [0, 0.05) is 50.6 Å². The van der Waals surface area contributed by atoms with Crippen LogP contribution in [0, 0.1) is 6.92 Å². The molecule has 0 aliphatic carbocycles. The molecule has 2 fully saturated rings. The van der Waals surface area contributed by atoms with Crippen molar-refractivity contribution in [1.82, 2.24) is 24.4 Å². The van der Waals surface area contributed by atoms with Crippen LogP contribution in [0.4, 0.5) is 5.82 Å². The Balaban J connectivity index is 1.41. The summed E-state index contributed by atoms with van der Waals surface area (Å²) in [6.07, 6.45) is 8.69. The lowest BCUT2D eigenvalue weighted by Gasteiger charge is -2.31. The molecule has 2 aromatic rings. The number of imidazole rings is 1. The molecule has 0 atom stereocenters. The molecule has 2 aromatic heterocycles. The van der Waals surface area contributed by atoms with E-state index in [0.717, 1.165) is 62.9 Å². The van der Waals surface area contributed by atoms with E-state index in [1.165, 1.54) is 18.5 Å². The standard InChI is InChI=1S/C19H28N6/c1-15-11-18(25-7-3-4-8-25)22-19(21-15)16-5-9-24(10-6-16)13-17-12-20-14-23(17)2/h11-12,14,16H,3-10,13H2,1-2H3.